The van der Waals surface area contributed by atoms with Gasteiger partial charge in [-0.2, -0.15) is 0 Å². The second-order valence-electron chi connectivity index (χ2n) is 6.89. The number of carbonyl (C=O) groups is 1. The highest BCUT2D eigenvalue weighted by atomic mass is 19.1. The van der Waals surface area contributed by atoms with Crippen molar-refractivity contribution in [2.45, 2.75) is 33.1 Å². The number of carbonyl (C=O) groups excluding carboxylic acids is 1. The molecule has 27 heavy (non-hydrogen) atoms. The van der Waals surface area contributed by atoms with Crippen LogP contribution in [0, 0.1) is 19.7 Å². The number of aldehydes is 1. The maximum atomic E-state index is 13.9. The molecule has 0 amide bonds. The predicted octanol–water partition coefficient (Wildman–Crippen LogP) is 3.09. The molecule has 138 valence electrons. The van der Waals surface area contributed by atoms with Gasteiger partial charge >= 0.3 is 0 Å². The molecule has 0 bridgehead atoms. The zero-order valence-electron chi connectivity index (χ0n) is 15.3. The van der Waals surface area contributed by atoms with Gasteiger partial charge in [-0.1, -0.05) is 0 Å². The van der Waals surface area contributed by atoms with E-state index < -0.39 is 12.3 Å². The number of rotatable bonds is 4. The van der Waals surface area contributed by atoms with Crippen LogP contribution in [0.3, 0.4) is 0 Å². The third-order valence-corrected chi connectivity index (χ3v) is 4.80. The van der Waals surface area contributed by atoms with Crippen molar-refractivity contribution in [1.82, 2.24) is 19.9 Å². The number of aromatic nitrogens is 3. The Hall–Kier alpha value is -2.90. The van der Waals surface area contributed by atoms with Crippen LogP contribution in [0.15, 0.2) is 30.3 Å². The van der Waals surface area contributed by atoms with Gasteiger partial charge in [0, 0.05) is 5.39 Å². The molecule has 3 N–H and O–H groups in total. The number of nitrogens with two attached hydrogens (primary N) is 1. The Labute approximate surface area is 155 Å². The third kappa shape index (κ3) is 2.85. The van der Waals surface area contributed by atoms with Gasteiger partial charge in [-0.05, 0) is 62.2 Å². The maximum absolute atomic E-state index is 13.9. The molecule has 0 aliphatic rings. The van der Waals surface area contributed by atoms with Gasteiger partial charge in [-0.25, -0.2) is 14.4 Å². The fourth-order valence-electron chi connectivity index (χ4n) is 3.40. The lowest BCUT2D eigenvalue weighted by Gasteiger charge is -2.19. The normalized spacial score (nSPS) is 14.1. The summed E-state index contributed by atoms with van der Waals surface area (Å²) in [6, 6.07) is 8.35. The van der Waals surface area contributed by atoms with E-state index >= 15 is 0 Å². The standard InChI is InChI=1S/C20H20FN5O/c1-10-6-15-16(7-11(10)2)25-20-19(24-15)14-8-13(21)4-5-17(14)26(20)18(9-27)23-12(3)22/h4-9,12,18,23H,22H2,1-3H3. The van der Waals surface area contributed by atoms with E-state index in [-0.39, 0.29) is 5.82 Å². The van der Waals surface area contributed by atoms with Gasteiger partial charge in [-0.3, -0.25) is 10.1 Å². The highest BCUT2D eigenvalue weighted by molar-refractivity contribution is 6.07. The number of nitrogens with one attached hydrogen (secondary N) is 1. The van der Waals surface area contributed by atoms with E-state index in [0.29, 0.717) is 22.1 Å². The van der Waals surface area contributed by atoms with Crippen LogP contribution < -0.4 is 11.1 Å². The van der Waals surface area contributed by atoms with Gasteiger partial charge in [0.1, 0.15) is 17.5 Å². The van der Waals surface area contributed by atoms with Gasteiger partial charge < -0.3 is 10.3 Å². The number of hydrogen-bond acceptors (Lipinski definition) is 5. The Morgan fingerprint density at radius 3 is 2.44 bits per heavy atom. The summed E-state index contributed by atoms with van der Waals surface area (Å²) in [6.07, 6.45) is -0.391. The Bertz CT molecular complexity index is 1200. The van der Waals surface area contributed by atoms with E-state index in [1.54, 1.807) is 17.6 Å². The van der Waals surface area contributed by atoms with E-state index in [4.69, 9.17) is 15.7 Å². The van der Waals surface area contributed by atoms with E-state index in [0.717, 1.165) is 28.4 Å². The zero-order chi connectivity index (χ0) is 19.3. The molecular weight excluding hydrogens is 345 g/mol. The SMILES string of the molecule is Cc1cc2nc3c4cc(F)ccc4n(C(C=O)NC(C)N)c3nc2cc1C. The fraction of sp³-hybridized carbons (Fsp3) is 0.250. The van der Waals surface area contributed by atoms with E-state index in [9.17, 15) is 9.18 Å². The minimum atomic E-state index is -0.742. The number of fused-ring (bicyclic) bond motifs is 4. The fourth-order valence-corrected chi connectivity index (χ4v) is 3.40. The molecule has 0 saturated heterocycles. The minimum absolute atomic E-state index is 0.369. The van der Waals surface area contributed by atoms with Crippen molar-refractivity contribution < 1.29 is 9.18 Å². The van der Waals surface area contributed by atoms with Crippen molar-refractivity contribution in [3.05, 3.63) is 47.3 Å². The van der Waals surface area contributed by atoms with Gasteiger partial charge in [0.15, 0.2) is 11.9 Å². The number of aryl methyl sites for hydroxylation is 2. The van der Waals surface area contributed by atoms with Crippen molar-refractivity contribution >= 4 is 39.4 Å². The van der Waals surface area contributed by atoms with E-state index in [1.165, 1.54) is 12.1 Å². The summed E-state index contributed by atoms with van der Waals surface area (Å²) in [5.41, 5.74) is 11.2. The Morgan fingerprint density at radius 2 is 1.81 bits per heavy atom. The lowest BCUT2D eigenvalue weighted by Crippen LogP contribution is -2.40. The molecule has 0 fully saturated rings. The lowest BCUT2D eigenvalue weighted by atomic mass is 10.1. The summed E-state index contributed by atoms with van der Waals surface area (Å²) in [5.74, 6) is -0.369. The highest BCUT2D eigenvalue weighted by Crippen LogP contribution is 2.31. The van der Waals surface area contributed by atoms with Crippen LogP contribution in [-0.4, -0.2) is 27.0 Å². The maximum Gasteiger partial charge on any atom is 0.162 e. The number of hydrogen-bond donors (Lipinski definition) is 2. The predicted molar refractivity (Wildman–Crippen MR) is 104 cm³/mol. The van der Waals surface area contributed by atoms with Crippen molar-refractivity contribution in [3.63, 3.8) is 0 Å². The van der Waals surface area contributed by atoms with Crippen LogP contribution in [-0.2, 0) is 4.79 Å². The Morgan fingerprint density at radius 1 is 1.15 bits per heavy atom. The average molecular weight is 365 g/mol. The van der Waals surface area contributed by atoms with E-state index in [1.807, 2.05) is 26.0 Å². The number of benzene rings is 2. The van der Waals surface area contributed by atoms with Gasteiger partial charge in [0.2, 0.25) is 0 Å². The first kappa shape index (κ1) is 17.5. The van der Waals surface area contributed by atoms with Crippen molar-refractivity contribution in [1.29, 1.82) is 0 Å². The zero-order valence-corrected chi connectivity index (χ0v) is 15.3. The Balaban J connectivity index is 2.14. The molecule has 0 radical (unpaired) electrons. The van der Waals surface area contributed by atoms with Crippen LogP contribution in [0.25, 0.3) is 33.1 Å². The molecule has 6 nitrogen and oxygen atoms in total. The summed E-state index contributed by atoms with van der Waals surface area (Å²) in [5, 5.41) is 3.62. The molecular formula is C20H20FN5O. The number of halogens is 1. The Kier molecular flexibility index (Phi) is 4.13. The molecule has 2 unspecified atom stereocenters. The summed E-state index contributed by atoms with van der Waals surface area (Å²) in [4.78, 5) is 21.3. The molecule has 4 aromatic rings. The molecule has 0 aliphatic carbocycles. The lowest BCUT2D eigenvalue weighted by molar-refractivity contribution is -0.111. The molecule has 2 heterocycles. The number of nitrogens with zero attached hydrogens (tertiary/aromatic N) is 3. The minimum Gasteiger partial charge on any atom is -0.316 e. The van der Waals surface area contributed by atoms with Gasteiger partial charge in [0.25, 0.3) is 0 Å². The van der Waals surface area contributed by atoms with Crippen molar-refractivity contribution in [2.24, 2.45) is 5.73 Å². The first-order chi connectivity index (χ1) is 12.9. The van der Waals surface area contributed by atoms with Crippen molar-refractivity contribution in [3.8, 4) is 0 Å². The van der Waals surface area contributed by atoms with Crippen LogP contribution in [0.2, 0.25) is 0 Å². The summed E-state index contributed by atoms with van der Waals surface area (Å²) >= 11 is 0. The largest absolute Gasteiger partial charge is 0.316 e. The molecule has 0 aliphatic heterocycles. The quantitative estimate of drug-likeness (QED) is 0.429. The van der Waals surface area contributed by atoms with Crippen LogP contribution in [0.4, 0.5) is 4.39 Å². The highest BCUT2D eigenvalue weighted by Gasteiger charge is 2.21. The third-order valence-electron chi connectivity index (χ3n) is 4.80. The van der Waals surface area contributed by atoms with Crippen LogP contribution in [0.1, 0.15) is 24.2 Å². The molecule has 2 aromatic carbocycles. The van der Waals surface area contributed by atoms with E-state index in [2.05, 4.69) is 5.32 Å². The summed E-state index contributed by atoms with van der Waals surface area (Å²) in [7, 11) is 0. The topological polar surface area (TPSA) is 85.8 Å². The smallest absolute Gasteiger partial charge is 0.162 e. The first-order valence-electron chi connectivity index (χ1n) is 8.74. The second kappa shape index (κ2) is 6.37. The van der Waals surface area contributed by atoms with Crippen LogP contribution in [0.5, 0.6) is 0 Å². The molecule has 7 heteroatoms. The molecule has 0 saturated carbocycles. The average Bonchev–Trinajstić information content (AvgIpc) is 2.91. The van der Waals surface area contributed by atoms with Crippen molar-refractivity contribution in [2.75, 3.05) is 0 Å². The van der Waals surface area contributed by atoms with Gasteiger partial charge in [-0.15, -0.1) is 0 Å². The molecule has 4 rings (SSSR count). The molecule has 0 spiro atoms. The molecule has 2 aromatic heterocycles. The van der Waals surface area contributed by atoms with Crippen LogP contribution >= 0.6 is 0 Å². The summed E-state index contributed by atoms with van der Waals surface area (Å²) in [6.45, 7) is 5.77. The monoisotopic (exact) mass is 365 g/mol. The second-order valence-corrected chi connectivity index (χ2v) is 6.89. The van der Waals surface area contributed by atoms with Gasteiger partial charge in [0.05, 0.1) is 22.7 Å². The first-order valence-corrected chi connectivity index (χ1v) is 8.74. The molecule has 2 atom stereocenters. The summed E-state index contributed by atoms with van der Waals surface area (Å²) < 4.78 is 15.7.